The van der Waals surface area contributed by atoms with Crippen LogP contribution in [0, 0.1) is 5.41 Å². The molecule has 0 aliphatic rings. The summed E-state index contributed by atoms with van der Waals surface area (Å²) in [5.74, 6) is -0.572. The van der Waals surface area contributed by atoms with E-state index in [1.54, 1.807) is 0 Å². The summed E-state index contributed by atoms with van der Waals surface area (Å²) in [6.45, 7) is 4.00. The fourth-order valence-electron chi connectivity index (χ4n) is 2.57. The van der Waals surface area contributed by atoms with Crippen LogP contribution in [0.3, 0.4) is 0 Å². The summed E-state index contributed by atoms with van der Waals surface area (Å²) in [7, 11) is 0. The van der Waals surface area contributed by atoms with Crippen molar-refractivity contribution in [2.45, 2.75) is 20.0 Å². The normalized spacial score (nSPS) is 10.6. The number of hydrogen-bond acceptors (Lipinski definition) is 6. The Hall–Kier alpha value is -3.95. The Morgan fingerprint density at radius 3 is 2.10 bits per heavy atom. The molecule has 0 spiro atoms. The number of hydrogen-bond donors (Lipinski definition) is 4. The maximum absolute atomic E-state index is 12.8. The second-order valence-corrected chi connectivity index (χ2v) is 6.00. The van der Waals surface area contributed by atoms with Crippen LogP contribution in [0.15, 0.2) is 54.9 Å². The quantitative estimate of drug-likeness (QED) is 0.457. The van der Waals surface area contributed by atoms with Crippen molar-refractivity contribution in [1.29, 1.82) is 5.41 Å². The first-order valence-electron chi connectivity index (χ1n) is 9.20. The number of alkyl halides is 3. The number of carbonyl (C=O) groups excluding carboxylic acids is 1. The minimum atomic E-state index is -4.54. The van der Waals surface area contributed by atoms with Gasteiger partial charge in [-0.1, -0.05) is 32.0 Å². The zero-order chi connectivity index (χ0) is 23.2. The summed E-state index contributed by atoms with van der Waals surface area (Å²) in [4.78, 5) is 19.9. The third-order valence-corrected chi connectivity index (χ3v) is 4.04. The molecule has 2 aromatic carbocycles. The van der Waals surface area contributed by atoms with Crippen molar-refractivity contribution < 1.29 is 18.0 Å². The minimum absolute atomic E-state index is 0.00338. The molecule has 0 aliphatic heterocycles. The van der Waals surface area contributed by atoms with Gasteiger partial charge in [0.05, 0.1) is 16.8 Å². The highest BCUT2D eigenvalue weighted by molar-refractivity contribution is 6.16. The van der Waals surface area contributed by atoms with Gasteiger partial charge in [0.2, 0.25) is 0 Å². The second kappa shape index (κ2) is 9.70. The number of carbonyl (C=O) groups is 1. The van der Waals surface area contributed by atoms with Gasteiger partial charge < -0.3 is 16.8 Å². The first kappa shape index (κ1) is 23.3. The number of nitrogens with zero attached hydrogens (tertiary/aromatic N) is 2. The van der Waals surface area contributed by atoms with Crippen LogP contribution in [0.5, 0.6) is 0 Å². The molecule has 0 aliphatic carbocycles. The smallest absolute Gasteiger partial charge is 0.383 e. The molecule has 0 bridgehead atoms. The highest BCUT2D eigenvalue weighted by atomic mass is 19.4. The molecule has 0 atom stereocenters. The van der Waals surface area contributed by atoms with Crippen molar-refractivity contribution in [2.24, 2.45) is 0 Å². The number of benzene rings is 2. The van der Waals surface area contributed by atoms with Crippen LogP contribution in [0.25, 0.3) is 0 Å². The van der Waals surface area contributed by atoms with Crippen LogP contribution in [0.2, 0.25) is 0 Å². The molecular formula is C21H21F3N6O. The van der Waals surface area contributed by atoms with Gasteiger partial charge in [-0.2, -0.15) is 13.2 Å². The largest absolute Gasteiger partial charge is 0.416 e. The van der Waals surface area contributed by atoms with Gasteiger partial charge >= 0.3 is 6.18 Å². The molecule has 10 heteroatoms. The maximum Gasteiger partial charge on any atom is 0.416 e. The summed E-state index contributed by atoms with van der Waals surface area (Å²) in [5, 5.41) is 10.8. The molecule has 6 N–H and O–H groups in total. The maximum atomic E-state index is 12.8. The van der Waals surface area contributed by atoms with Crippen molar-refractivity contribution in [2.75, 3.05) is 16.8 Å². The van der Waals surface area contributed by atoms with Gasteiger partial charge in [-0.25, -0.2) is 9.97 Å². The van der Waals surface area contributed by atoms with E-state index in [9.17, 15) is 18.0 Å². The molecule has 0 saturated carbocycles. The van der Waals surface area contributed by atoms with Crippen LogP contribution < -0.4 is 16.8 Å². The van der Waals surface area contributed by atoms with Gasteiger partial charge in [0.15, 0.2) is 0 Å². The van der Waals surface area contributed by atoms with E-state index < -0.39 is 17.6 Å². The standard InChI is InChI=1S/C19H15F3N6O.C2H6/c20-19(21,22)12-3-1-2-11(8-12)18(29)28-13-6-4-10(5-7-13)15(23)14-16(24)26-9-27-17(14)25;1-2/h1-9,23H,(H,28,29)(H4,24,25,26,27);1-2H3. The van der Waals surface area contributed by atoms with Gasteiger partial charge in [-0.3, -0.25) is 10.2 Å². The van der Waals surface area contributed by atoms with E-state index in [1.165, 1.54) is 42.7 Å². The van der Waals surface area contributed by atoms with Crippen LogP contribution in [0.1, 0.15) is 40.9 Å². The Kier molecular flexibility index (Phi) is 7.30. The molecule has 31 heavy (non-hydrogen) atoms. The lowest BCUT2D eigenvalue weighted by molar-refractivity contribution is -0.137. The number of amides is 1. The first-order chi connectivity index (χ1) is 14.7. The molecule has 1 amide bonds. The molecule has 1 heterocycles. The van der Waals surface area contributed by atoms with Gasteiger partial charge in [0.1, 0.15) is 18.0 Å². The molecule has 0 fully saturated rings. The number of nitrogens with one attached hydrogen (secondary N) is 2. The van der Waals surface area contributed by atoms with Crippen molar-refractivity contribution in [3.8, 4) is 0 Å². The monoisotopic (exact) mass is 430 g/mol. The van der Waals surface area contributed by atoms with Crippen LogP contribution in [-0.4, -0.2) is 21.6 Å². The fraction of sp³-hybridized carbons (Fsp3) is 0.143. The Bertz CT molecular complexity index is 1060. The topological polar surface area (TPSA) is 131 Å². The Balaban J connectivity index is 0.00000166. The van der Waals surface area contributed by atoms with Crippen LogP contribution >= 0.6 is 0 Å². The predicted octanol–water partition coefficient (Wildman–Crippen LogP) is 4.35. The molecular weight excluding hydrogens is 409 g/mol. The Morgan fingerprint density at radius 1 is 0.968 bits per heavy atom. The highest BCUT2D eigenvalue weighted by Crippen LogP contribution is 2.29. The summed E-state index contributed by atoms with van der Waals surface area (Å²) < 4.78 is 38.4. The molecule has 0 saturated heterocycles. The number of nitrogens with two attached hydrogens (primary N) is 2. The lowest BCUT2D eigenvalue weighted by Gasteiger charge is -2.11. The second-order valence-electron chi connectivity index (χ2n) is 6.00. The molecule has 3 aromatic rings. The molecule has 0 unspecified atom stereocenters. The van der Waals surface area contributed by atoms with Crippen molar-refractivity contribution in [1.82, 2.24) is 9.97 Å². The number of halogens is 3. The number of anilines is 3. The SMILES string of the molecule is CC.N=C(c1ccc(NC(=O)c2cccc(C(F)(F)F)c2)cc1)c1c(N)ncnc1N. The predicted molar refractivity (Wildman–Crippen MR) is 114 cm³/mol. The van der Waals surface area contributed by atoms with E-state index in [4.69, 9.17) is 16.9 Å². The number of aromatic nitrogens is 2. The Labute approximate surface area is 176 Å². The van der Waals surface area contributed by atoms with E-state index in [-0.39, 0.29) is 28.5 Å². The number of rotatable bonds is 4. The van der Waals surface area contributed by atoms with Gasteiger partial charge in [0.25, 0.3) is 5.91 Å². The van der Waals surface area contributed by atoms with Crippen molar-refractivity contribution in [3.05, 3.63) is 77.1 Å². The van der Waals surface area contributed by atoms with E-state index in [0.717, 1.165) is 12.1 Å². The van der Waals surface area contributed by atoms with Crippen LogP contribution in [-0.2, 0) is 6.18 Å². The zero-order valence-corrected chi connectivity index (χ0v) is 16.8. The molecule has 7 nitrogen and oxygen atoms in total. The van der Waals surface area contributed by atoms with E-state index in [0.29, 0.717) is 11.3 Å². The van der Waals surface area contributed by atoms with E-state index in [2.05, 4.69) is 15.3 Å². The van der Waals surface area contributed by atoms with Gasteiger partial charge in [-0.05, 0) is 30.3 Å². The summed E-state index contributed by atoms with van der Waals surface area (Å²) in [6, 6.07) is 10.2. The summed E-state index contributed by atoms with van der Waals surface area (Å²) in [5.41, 5.74) is 11.4. The molecule has 162 valence electrons. The third-order valence-electron chi connectivity index (χ3n) is 4.04. The fourth-order valence-corrected chi connectivity index (χ4v) is 2.57. The Morgan fingerprint density at radius 2 is 1.55 bits per heavy atom. The molecule has 3 rings (SSSR count). The molecule has 0 radical (unpaired) electrons. The van der Waals surface area contributed by atoms with Crippen LogP contribution in [0.4, 0.5) is 30.5 Å². The summed E-state index contributed by atoms with van der Waals surface area (Å²) in [6.07, 6.45) is -3.35. The average molecular weight is 430 g/mol. The average Bonchev–Trinajstić information content (AvgIpc) is 2.75. The van der Waals surface area contributed by atoms with Crippen molar-refractivity contribution in [3.63, 3.8) is 0 Å². The highest BCUT2D eigenvalue weighted by Gasteiger charge is 2.30. The lowest BCUT2D eigenvalue weighted by Crippen LogP contribution is -2.14. The van der Waals surface area contributed by atoms with E-state index in [1.807, 2.05) is 13.8 Å². The van der Waals surface area contributed by atoms with Crippen molar-refractivity contribution >= 4 is 28.9 Å². The summed E-state index contributed by atoms with van der Waals surface area (Å²) >= 11 is 0. The molecule has 1 aromatic heterocycles. The lowest BCUT2D eigenvalue weighted by atomic mass is 10.0. The minimum Gasteiger partial charge on any atom is -0.383 e. The third kappa shape index (κ3) is 5.56. The van der Waals surface area contributed by atoms with Gasteiger partial charge in [-0.15, -0.1) is 0 Å². The zero-order valence-electron chi connectivity index (χ0n) is 16.8. The first-order valence-corrected chi connectivity index (χ1v) is 9.20. The van der Waals surface area contributed by atoms with Gasteiger partial charge in [0, 0.05) is 16.8 Å². The number of nitrogen functional groups attached to an aromatic ring is 2. The van der Waals surface area contributed by atoms with E-state index >= 15 is 0 Å².